The molecule has 0 spiro atoms. The number of carbonyl (C=O) groups excluding carboxylic acids is 1. The number of rotatable bonds is 4. The summed E-state index contributed by atoms with van der Waals surface area (Å²) in [5, 5.41) is 0. The Labute approximate surface area is 100 Å². The van der Waals surface area contributed by atoms with Crippen molar-refractivity contribution in [1.29, 1.82) is 0 Å². The van der Waals surface area contributed by atoms with Crippen LogP contribution in [-0.2, 0) is 28.5 Å². The Morgan fingerprint density at radius 1 is 1.12 bits per heavy atom. The van der Waals surface area contributed by atoms with Gasteiger partial charge in [-0.1, -0.05) is 0 Å². The highest BCUT2D eigenvalue weighted by Gasteiger charge is 2.43. The maximum Gasteiger partial charge on any atom is 0.338 e. The topological polar surface area (TPSA) is 63.2 Å². The predicted molar refractivity (Wildman–Crippen MR) is 54.1 cm³/mol. The van der Waals surface area contributed by atoms with Crippen LogP contribution in [0.2, 0.25) is 0 Å². The summed E-state index contributed by atoms with van der Waals surface area (Å²) in [7, 11) is -1.74. The molecule has 94 valence electrons. The summed E-state index contributed by atoms with van der Waals surface area (Å²) < 4.78 is 53.8. The highest BCUT2D eigenvalue weighted by atomic mass is 16.6. The minimum absolute atomic E-state index is 0.169. The van der Waals surface area contributed by atoms with Crippen molar-refractivity contribution in [3.63, 3.8) is 0 Å². The third kappa shape index (κ3) is 2.52. The molecule has 1 aliphatic heterocycles. The standard InChI is InChI=1S/C10H18O6/c1-12-6-5-16-10(11)9(15-4)8(14-3)7(6)13-2/h6-9H,5H2,1-4H3/t6-,7-,8+,9-/m1/s1/i1D,2D,3D,4D. The van der Waals surface area contributed by atoms with Gasteiger partial charge in [0.05, 0.1) is 5.48 Å². The fourth-order valence-corrected chi connectivity index (χ4v) is 1.55. The smallest absolute Gasteiger partial charge is 0.338 e. The lowest BCUT2D eigenvalue weighted by atomic mass is 10.0. The van der Waals surface area contributed by atoms with Gasteiger partial charge >= 0.3 is 5.97 Å². The van der Waals surface area contributed by atoms with Crippen LogP contribution in [0.5, 0.6) is 0 Å². The zero-order valence-corrected chi connectivity index (χ0v) is 8.79. The van der Waals surface area contributed by atoms with Gasteiger partial charge in [-0.15, -0.1) is 0 Å². The Morgan fingerprint density at radius 2 is 1.81 bits per heavy atom. The molecule has 0 unspecified atom stereocenters. The Kier molecular flexibility index (Phi) is 3.23. The van der Waals surface area contributed by atoms with E-state index in [1.807, 2.05) is 0 Å². The Bertz CT molecular complexity index is 295. The van der Waals surface area contributed by atoms with Gasteiger partial charge in [-0.05, 0) is 0 Å². The maximum atomic E-state index is 11.8. The number of hydrogen-bond acceptors (Lipinski definition) is 6. The molecule has 1 rings (SSSR count). The molecule has 4 atom stereocenters. The summed E-state index contributed by atoms with van der Waals surface area (Å²) in [6.45, 7) is -0.169. The number of carbonyl (C=O) groups is 1. The van der Waals surface area contributed by atoms with Crippen molar-refractivity contribution in [2.24, 2.45) is 0 Å². The average Bonchev–Trinajstić information content (AvgIpc) is 2.54. The Morgan fingerprint density at radius 3 is 2.50 bits per heavy atom. The molecule has 0 amide bonds. The summed E-state index contributed by atoms with van der Waals surface area (Å²) in [6, 6.07) is 0. The SMILES string of the molecule is [2H]CO[C@H]1[C@H](OC[2H])[C@@H](OC[2H])C(=O)OC[C@H]1OC[2H]. The molecule has 0 N–H and O–H groups in total. The Balaban J connectivity index is 2.98. The third-order valence-corrected chi connectivity index (χ3v) is 2.39. The van der Waals surface area contributed by atoms with Crippen molar-refractivity contribution < 1.29 is 34.0 Å². The summed E-state index contributed by atoms with van der Waals surface area (Å²) in [5.41, 5.74) is 0. The highest BCUT2D eigenvalue weighted by molar-refractivity contribution is 5.76. The molecule has 1 aliphatic rings. The van der Waals surface area contributed by atoms with E-state index in [0.717, 1.165) is 0 Å². The largest absolute Gasteiger partial charge is 0.461 e. The van der Waals surface area contributed by atoms with E-state index in [0.29, 0.717) is 0 Å². The second-order valence-corrected chi connectivity index (χ2v) is 3.18. The summed E-state index contributed by atoms with van der Waals surface area (Å²) in [6.07, 6.45) is -3.95. The van der Waals surface area contributed by atoms with Crippen LogP contribution < -0.4 is 0 Å². The van der Waals surface area contributed by atoms with Crippen LogP contribution in [-0.4, -0.2) is 65.3 Å². The second kappa shape index (κ2) is 6.15. The predicted octanol–water partition coefficient (Wildman–Crippen LogP) is -0.397. The lowest BCUT2D eigenvalue weighted by molar-refractivity contribution is -0.164. The molecule has 6 heteroatoms. The van der Waals surface area contributed by atoms with E-state index in [1.165, 1.54) is 0 Å². The fraction of sp³-hybridized carbons (Fsp3) is 0.900. The summed E-state index contributed by atoms with van der Waals surface area (Å²) in [5.74, 6) is -0.745. The quantitative estimate of drug-likeness (QED) is 0.621. The van der Waals surface area contributed by atoms with E-state index in [4.69, 9.17) is 29.2 Å². The van der Waals surface area contributed by atoms with Crippen LogP contribution in [0.3, 0.4) is 0 Å². The minimum Gasteiger partial charge on any atom is -0.461 e. The zero-order chi connectivity index (χ0) is 15.0. The molecule has 0 saturated carbocycles. The van der Waals surface area contributed by atoms with Crippen LogP contribution in [0.25, 0.3) is 0 Å². The average molecular weight is 238 g/mol. The number of cyclic esters (lactones) is 1. The molecular formula is C10H18O6. The van der Waals surface area contributed by atoms with E-state index in [9.17, 15) is 4.79 Å². The number of hydrogen-bond donors (Lipinski definition) is 0. The lowest BCUT2D eigenvalue weighted by Gasteiger charge is -2.29. The van der Waals surface area contributed by atoms with Gasteiger partial charge in [0, 0.05) is 28.3 Å². The first kappa shape index (κ1) is 8.41. The molecule has 1 heterocycles. The first-order chi connectivity index (χ1) is 9.69. The van der Waals surface area contributed by atoms with Crippen LogP contribution >= 0.6 is 0 Å². The van der Waals surface area contributed by atoms with Gasteiger partial charge in [-0.2, -0.15) is 0 Å². The monoisotopic (exact) mass is 238 g/mol. The molecule has 0 aromatic heterocycles. The number of ether oxygens (including phenoxy) is 5. The van der Waals surface area contributed by atoms with E-state index in [-0.39, 0.29) is 13.7 Å². The van der Waals surface area contributed by atoms with E-state index >= 15 is 0 Å². The van der Waals surface area contributed by atoms with Gasteiger partial charge < -0.3 is 23.7 Å². The molecule has 1 saturated heterocycles. The molecular weight excluding hydrogens is 216 g/mol. The molecule has 16 heavy (non-hydrogen) atoms. The van der Waals surface area contributed by atoms with Crippen molar-refractivity contribution in [2.45, 2.75) is 24.4 Å². The summed E-state index contributed by atoms with van der Waals surface area (Å²) >= 11 is 0. The van der Waals surface area contributed by atoms with Crippen molar-refractivity contribution in [3.05, 3.63) is 0 Å². The fourth-order valence-electron chi connectivity index (χ4n) is 1.55. The van der Waals surface area contributed by atoms with Gasteiger partial charge in [0.15, 0.2) is 6.10 Å². The van der Waals surface area contributed by atoms with Crippen LogP contribution in [0.4, 0.5) is 0 Å². The van der Waals surface area contributed by atoms with Crippen molar-refractivity contribution in [1.82, 2.24) is 0 Å². The van der Waals surface area contributed by atoms with Crippen molar-refractivity contribution in [2.75, 3.05) is 35.0 Å². The molecule has 0 bridgehead atoms. The van der Waals surface area contributed by atoms with E-state index in [1.54, 1.807) is 0 Å². The molecule has 0 aliphatic carbocycles. The maximum absolute atomic E-state index is 11.8. The normalized spacial score (nSPS) is 38.9. The third-order valence-electron chi connectivity index (χ3n) is 2.39. The van der Waals surface area contributed by atoms with Gasteiger partial charge in [-0.25, -0.2) is 4.79 Å². The molecule has 0 aromatic carbocycles. The minimum atomic E-state index is -1.23. The van der Waals surface area contributed by atoms with Crippen LogP contribution in [0, 0.1) is 0 Å². The van der Waals surface area contributed by atoms with Gasteiger partial charge in [-0.3, -0.25) is 0 Å². The van der Waals surface area contributed by atoms with E-state index in [2.05, 4.69) is 0 Å². The highest BCUT2D eigenvalue weighted by Crippen LogP contribution is 2.20. The molecule has 0 radical (unpaired) electrons. The van der Waals surface area contributed by atoms with Gasteiger partial charge in [0.1, 0.15) is 24.9 Å². The van der Waals surface area contributed by atoms with Crippen LogP contribution in [0.15, 0.2) is 0 Å². The Hall–Kier alpha value is -0.690. The first-order valence-electron chi connectivity index (χ1n) is 7.32. The molecule has 0 aromatic rings. The summed E-state index contributed by atoms with van der Waals surface area (Å²) in [4.78, 5) is 11.8. The van der Waals surface area contributed by atoms with Gasteiger partial charge in [0.2, 0.25) is 0 Å². The number of methoxy groups -OCH3 is 4. The van der Waals surface area contributed by atoms with Gasteiger partial charge in [0.25, 0.3) is 0 Å². The molecule has 1 fully saturated rings. The molecule has 6 nitrogen and oxygen atoms in total. The van der Waals surface area contributed by atoms with Crippen molar-refractivity contribution in [3.8, 4) is 0 Å². The lowest BCUT2D eigenvalue weighted by Crippen LogP contribution is -2.48. The number of esters is 1. The van der Waals surface area contributed by atoms with E-state index < -0.39 is 51.6 Å². The van der Waals surface area contributed by atoms with Crippen molar-refractivity contribution >= 4 is 5.97 Å². The van der Waals surface area contributed by atoms with Crippen LogP contribution in [0.1, 0.15) is 5.48 Å². The second-order valence-electron chi connectivity index (χ2n) is 3.18. The first-order valence-corrected chi connectivity index (χ1v) is 4.49. The zero-order valence-electron chi connectivity index (χ0n) is 12.8.